The van der Waals surface area contributed by atoms with Crippen LogP contribution >= 0.6 is 0 Å². The van der Waals surface area contributed by atoms with E-state index in [2.05, 4.69) is 47.6 Å². The summed E-state index contributed by atoms with van der Waals surface area (Å²) < 4.78 is 0. The van der Waals surface area contributed by atoms with Gasteiger partial charge in [-0.3, -0.25) is 4.79 Å². The van der Waals surface area contributed by atoms with Crippen LogP contribution in [0.3, 0.4) is 0 Å². The van der Waals surface area contributed by atoms with Gasteiger partial charge in [0, 0.05) is 23.8 Å². The molecule has 3 heteroatoms. The molecule has 0 saturated carbocycles. The van der Waals surface area contributed by atoms with Gasteiger partial charge in [-0.15, -0.1) is 0 Å². The Balaban J connectivity index is 1.92. The van der Waals surface area contributed by atoms with Crippen LogP contribution in [0.1, 0.15) is 37.9 Å². The molecule has 0 aliphatic carbocycles. The maximum Gasteiger partial charge on any atom is 0.229 e. The molecule has 3 rings (SSSR count). The summed E-state index contributed by atoms with van der Waals surface area (Å²) in [5, 5.41) is 3.11. The molecule has 1 atom stereocenters. The average molecular weight is 308 g/mol. The van der Waals surface area contributed by atoms with E-state index >= 15 is 0 Å². The molecule has 3 nitrogen and oxygen atoms in total. The lowest BCUT2D eigenvalue weighted by Crippen LogP contribution is -2.29. The zero-order chi connectivity index (χ0) is 16.6. The quantitative estimate of drug-likeness (QED) is 0.891. The van der Waals surface area contributed by atoms with Crippen molar-refractivity contribution in [3.8, 4) is 0 Å². The Morgan fingerprint density at radius 3 is 2.43 bits per heavy atom. The lowest BCUT2D eigenvalue weighted by molar-refractivity contribution is -0.123. The van der Waals surface area contributed by atoms with Gasteiger partial charge in [0.1, 0.15) is 0 Å². The zero-order valence-electron chi connectivity index (χ0n) is 14.3. The fourth-order valence-corrected chi connectivity index (χ4v) is 3.07. The molecular formula is C20H24N2O. The number of fused-ring (bicyclic) bond motifs is 1. The maximum absolute atomic E-state index is 12.4. The highest BCUT2D eigenvalue weighted by Gasteiger charge is 2.30. The minimum absolute atomic E-state index is 0.0446. The first-order valence-corrected chi connectivity index (χ1v) is 8.09. The predicted molar refractivity (Wildman–Crippen MR) is 95.8 cm³/mol. The van der Waals surface area contributed by atoms with Crippen LogP contribution in [0.5, 0.6) is 0 Å². The van der Waals surface area contributed by atoms with Crippen LogP contribution in [0.4, 0.5) is 11.4 Å². The van der Waals surface area contributed by atoms with Crippen molar-refractivity contribution in [2.75, 3.05) is 17.3 Å². The summed E-state index contributed by atoms with van der Waals surface area (Å²) in [4.78, 5) is 14.7. The number of nitrogens with zero attached hydrogens (tertiary/aromatic N) is 1. The number of benzene rings is 2. The molecule has 0 saturated heterocycles. The topological polar surface area (TPSA) is 32.3 Å². The van der Waals surface area contributed by atoms with Gasteiger partial charge >= 0.3 is 0 Å². The molecule has 2 aromatic rings. The number of rotatable bonds is 2. The van der Waals surface area contributed by atoms with E-state index < -0.39 is 5.41 Å². The maximum atomic E-state index is 12.4. The summed E-state index contributed by atoms with van der Waals surface area (Å²) in [6.45, 7) is 5.80. The predicted octanol–water partition coefficient (Wildman–Crippen LogP) is 4.40. The van der Waals surface area contributed by atoms with E-state index in [-0.39, 0.29) is 11.9 Å². The lowest BCUT2D eigenvalue weighted by atomic mass is 9.94. The van der Waals surface area contributed by atoms with Crippen molar-refractivity contribution in [1.82, 2.24) is 0 Å². The van der Waals surface area contributed by atoms with Gasteiger partial charge in [-0.05, 0) is 29.7 Å². The van der Waals surface area contributed by atoms with Gasteiger partial charge in [-0.1, -0.05) is 57.2 Å². The van der Waals surface area contributed by atoms with Crippen molar-refractivity contribution in [2.45, 2.75) is 33.2 Å². The fourth-order valence-electron chi connectivity index (χ4n) is 3.07. The van der Waals surface area contributed by atoms with E-state index in [0.717, 1.165) is 12.1 Å². The number of amides is 1. The SMILES string of the molecule is CN1c2ccccc2CC1c1ccccc1NC(=O)C(C)(C)C. The highest BCUT2D eigenvalue weighted by atomic mass is 16.2. The molecule has 0 bridgehead atoms. The molecular weight excluding hydrogens is 284 g/mol. The van der Waals surface area contributed by atoms with Gasteiger partial charge in [-0.25, -0.2) is 0 Å². The molecule has 0 aromatic heterocycles. The Hall–Kier alpha value is -2.29. The number of para-hydroxylation sites is 2. The second-order valence-electron chi connectivity index (χ2n) is 7.25. The van der Waals surface area contributed by atoms with E-state index in [0.29, 0.717) is 0 Å². The monoisotopic (exact) mass is 308 g/mol. The summed E-state index contributed by atoms with van der Waals surface area (Å²) in [7, 11) is 2.12. The Morgan fingerprint density at radius 2 is 1.74 bits per heavy atom. The average Bonchev–Trinajstić information content (AvgIpc) is 2.84. The molecule has 0 spiro atoms. The van der Waals surface area contributed by atoms with Crippen molar-refractivity contribution in [2.24, 2.45) is 5.41 Å². The number of anilines is 2. The first-order valence-electron chi connectivity index (χ1n) is 8.09. The lowest BCUT2D eigenvalue weighted by Gasteiger charge is -2.26. The van der Waals surface area contributed by atoms with Gasteiger partial charge in [0.15, 0.2) is 0 Å². The first kappa shape index (κ1) is 15.6. The third kappa shape index (κ3) is 2.96. The highest BCUT2D eigenvalue weighted by Crippen LogP contribution is 2.41. The van der Waals surface area contributed by atoms with Gasteiger partial charge < -0.3 is 10.2 Å². The Morgan fingerprint density at radius 1 is 1.09 bits per heavy atom. The van der Waals surface area contributed by atoms with E-state index in [9.17, 15) is 4.79 Å². The van der Waals surface area contributed by atoms with Crippen molar-refractivity contribution in [1.29, 1.82) is 0 Å². The van der Waals surface area contributed by atoms with Gasteiger partial charge in [0.05, 0.1) is 6.04 Å². The van der Waals surface area contributed by atoms with Crippen LogP contribution < -0.4 is 10.2 Å². The molecule has 1 heterocycles. The molecule has 1 N–H and O–H groups in total. The summed E-state index contributed by atoms with van der Waals surface area (Å²) in [6, 6.07) is 16.9. The Bertz CT molecular complexity index is 730. The number of nitrogens with one attached hydrogen (secondary N) is 1. The molecule has 0 fully saturated rings. The summed E-state index contributed by atoms with van der Waals surface area (Å²) >= 11 is 0. The van der Waals surface area contributed by atoms with Crippen molar-refractivity contribution in [3.05, 3.63) is 59.7 Å². The number of hydrogen-bond donors (Lipinski definition) is 1. The summed E-state index contributed by atoms with van der Waals surface area (Å²) in [6.07, 6.45) is 0.967. The Labute approximate surface area is 138 Å². The van der Waals surface area contributed by atoms with Gasteiger partial charge in [0.2, 0.25) is 5.91 Å². The first-order chi connectivity index (χ1) is 10.9. The molecule has 23 heavy (non-hydrogen) atoms. The molecule has 2 aromatic carbocycles. The number of likely N-dealkylation sites (N-methyl/N-ethyl adjacent to an activating group) is 1. The minimum Gasteiger partial charge on any atom is -0.367 e. The largest absolute Gasteiger partial charge is 0.367 e. The smallest absolute Gasteiger partial charge is 0.229 e. The van der Waals surface area contributed by atoms with Crippen molar-refractivity contribution >= 4 is 17.3 Å². The number of carbonyl (C=O) groups is 1. The van der Waals surface area contributed by atoms with Crippen LogP contribution in [0, 0.1) is 5.41 Å². The molecule has 0 radical (unpaired) electrons. The molecule has 1 aliphatic rings. The summed E-state index contributed by atoms with van der Waals surface area (Å²) in [5.74, 6) is 0.0446. The van der Waals surface area contributed by atoms with E-state index in [1.807, 2.05) is 39.0 Å². The second kappa shape index (κ2) is 5.73. The van der Waals surface area contributed by atoms with Crippen LogP contribution in [0.15, 0.2) is 48.5 Å². The highest BCUT2D eigenvalue weighted by molar-refractivity contribution is 5.95. The third-order valence-corrected chi connectivity index (χ3v) is 4.50. The minimum atomic E-state index is -0.405. The van der Waals surface area contributed by atoms with E-state index in [1.165, 1.54) is 16.8 Å². The number of hydrogen-bond acceptors (Lipinski definition) is 2. The van der Waals surface area contributed by atoms with Crippen LogP contribution in [0.25, 0.3) is 0 Å². The Kier molecular flexibility index (Phi) is 3.88. The van der Waals surface area contributed by atoms with E-state index in [1.54, 1.807) is 0 Å². The van der Waals surface area contributed by atoms with Gasteiger partial charge in [-0.2, -0.15) is 0 Å². The van der Waals surface area contributed by atoms with Crippen LogP contribution in [-0.2, 0) is 11.2 Å². The van der Waals surface area contributed by atoms with Crippen molar-refractivity contribution < 1.29 is 4.79 Å². The normalized spacial score (nSPS) is 17.0. The van der Waals surface area contributed by atoms with E-state index in [4.69, 9.17) is 0 Å². The zero-order valence-corrected chi connectivity index (χ0v) is 14.3. The second-order valence-corrected chi connectivity index (χ2v) is 7.25. The molecule has 1 aliphatic heterocycles. The summed E-state index contributed by atoms with van der Waals surface area (Å²) in [5.41, 5.74) is 4.31. The number of carbonyl (C=O) groups excluding carboxylic acids is 1. The molecule has 120 valence electrons. The molecule has 1 unspecified atom stereocenters. The van der Waals surface area contributed by atoms with Gasteiger partial charge in [0.25, 0.3) is 0 Å². The molecule has 1 amide bonds. The standard InChI is InChI=1S/C20H24N2O/c1-20(2,3)19(23)21-16-11-7-6-10-15(16)18-13-14-9-5-8-12-17(14)22(18)4/h5-12,18H,13H2,1-4H3,(H,21,23). The third-order valence-electron chi connectivity index (χ3n) is 4.50. The fraction of sp³-hybridized carbons (Fsp3) is 0.350. The van der Waals surface area contributed by atoms with Crippen molar-refractivity contribution in [3.63, 3.8) is 0 Å². The van der Waals surface area contributed by atoms with Crippen LogP contribution in [-0.4, -0.2) is 13.0 Å². The van der Waals surface area contributed by atoms with Crippen LogP contribution in [0.2, 0.25) is 0 Å².